The highest BCUT2D eigenvalue weighted by Gasteiger charge is 2.23. The lowest BCUT2D eigenvalue weighted by Crippen LogP contribution is -2.45. The molecule has 94 valence electrons. The number of nitrogens with zero attached hydrogens (tertiary/aromatic N) is 1. The van der Waals surface area contributed by atoms with E-state index in [2.05, 4.69) is 68.8 Å². The van der Waals surface area contributed by atoms with Gasteiger partial charge in [-0.3, -0.25) is 0 Å². The molecule has 0 saturated carbocycles. The third-order valence-corrected chi connectivity index (χ3v) is 4.04. The van der Waals surface area contributed by atoms with Crippen molar-refractivity contribution in [2.75, 3.05) is 18.0 Å². The molecule has 2 nitrogen and oxygen atoms in total. The Labute approximate surface area is 120 Å². The van der Waals surface area contributed by atoms with Crippen LogP contribution in [0.5, 0.6) is 0 Å². The lowest BCUT2D eigenvalue weighted by Gasteiger charge is -2.37. The van der Waals surface area contributed by atoms with Crippen LogP contribution in [0.2, 0.25) is 0 Å². The fourth-order valence-corrected chi connectivity index (χ4v) is 3.20. The van der Waals surface area contributed by atoms with Gasteiger partial charge >= 0.3 is 0 Å². The monoisotopic (exact) mass is 361 g/mol. The van der Waals surface area contributed by atoms with Gasteiger partial charge in [0, 0.05) is 28.6 Å². The molecule has 0 bridgehead atoms. The van der Waals surface area contributed by atoms with Crippen LogP contribution in [-0.4, -0.2) is 25.3 Å². The molecule has 0 N–H and O–H groups in total. The van der Waals surface area contributed by atoms with E-state index in [1.807, 2.05) is 0 Å². The quantitative estimate of drug-likeness (QED) is 0.738. The predicted molar refractivity (Wildman–Crippen MR) is 79.0 cm³/mol. The summed E-state index contributed by atoms with van der Waals surface area (Å²) >= 11 is 7.08. The molecule has 0 amide bonds. The fraction of sp³-hybridized carbons (Fsp3) is 0.538. The maximum atomic E-state index is 5.77. The molecule has 1 aromatic carbocycles. The number of ether oxygens (including phenoxy) is 1. The number of rotatable bonds is 2. The largest absolute Gasteiger partial charge is 0.372 e. The van der Waals surface area contributed by atoms with E-state index in [0.717, 1.165) is 22.9 Å². The Morgan fingerprint density at radius 2 is 1.94 bits per heavy atom. The summed E-state index contributed by atoms with van der Waals surface area (Å²) < 4.78 is 6.90. The second kappa shape index (κ2) is 5.72. The van der Waals surface area contributed by atoms with Gasteiger partial charge in [-0.1, -0.05) is 31.9 Å². The van der Waals surface area contributed by atoms with E-state index in [1.54, 1.807) is 0 Å². The summed E-state index contributed by atoms with van der Waals surface area (Å²) in [7, 11) is 0. The molecular weight excluding hydrogens is 346 g/mol. The van der Waals surface area contributed by atoms with E-state index in [-0.39, 0.29) is 0 Å². The Morgan fingerprint density at radius 1 is 1.29 bits per heavy atom. The Kier molecular flexibility index (Phi) is 4.50. The van der Waals surface area contributed by atoms with Crippen molar-refractivity contribution < 1.29 is 4.74 Å². The maximum Gasteiger partial charge on any atom is 0.0726 e. The third kappa shape index (κ3) is 3.24. The van der Waals surface area contributed by atoms with Crippen LogP contribution in [0.15, 0.2) is 22.7 Å². The molecule has 4 heteroatoms. The number of benzene rings is 1. The SMILES string of the molecule is C[C@@H]1CN(c2ccc(Br)cc2CBr)C[C@H](C)O1. The number of hydrogen-bond donors (Lipinski definition) is 0. The van der Waals surface area contributed by atoms with Gasteiger partial charge in [0.05, 0.1) is 12.2 Å². The molecule has 0 radical (unpaired) electrons. The highest BCUT2D eigenvalue weighted by atomic mass is 79.9. The van der Waals surface area contributed by atoms with Gasteiger partial charge in [-0.05, 0) is 37.6 Å². The molecule has 0 aliphatic carbocycles. The van der Waals surface area contributed by atoms with Crippen LogP contribution < -0.4 is 4.90 Å². The minimum atomic E-state index is 0.297. The van der Waals surface area contributed by atoms with Crippen molar-refractivity contribution in [2.24, 2.45) is 0 Å². The topological polar surface area (TPSA) is 12.5 Å². The number of halogens is 2. The van der Waals surface area contributed by atoms with Crippen LogP contribution in [0.1, 0.15) is 19.4 Å². The Morgan fingerprint density at radius 3 is 2.53 bits per heavy atom. The summed E-state index contributed by atoms with van der Waals surface area (Å²) in [5.41, 5.74) is 2.63. The molecule has 2 atom stereocenters. The third-order valence-electron chi connectivity index (χ3n) is 2.95. The highest BCUT2D eigenvalue weighted by Crippen LogP contribution is 2.28. The average Bonchev–Trinajstić information content (AvgIpc) is 2.27. The number of anilines is 1. The first-order chi connectivity index (χ1) is 8.10. The second-order valence-corrected chi connectivity index (χ2v) is 6.05. The van der Waals surface area contributed by atoms with Crippen LogP contribution in [0.4, 0.5) is 5.69 Å². The molecule has 0 unspecified atom stereocenters. The van der Waals surface area contributed by atoms with Crippen molar-refractivity contribution in [3.63, 3.8) is 0 Å². The van der Waals surface area contributed by atoms with Gasteiger partial charge in [0.2, 0.25) is 0 Å². The number of alkyl halides is 1. The van der Waals surface area contributed by atoms with Crippen molar-refractivity contribution in [3.8, 4) is 0 Å². The molecule has 1 heterocycles. The highest BCUT2D eigenvalue weighted by molar-refractivity contribution is 9.10. The zero-order valence-corrected chi connectivity index (χ0v) is 13.3. The van der Waals surface area contributed by atoms with Crippen LogP contribution in [0, 0.1) is 0 Å². The molecule has 17 heavy (non-hydrogen) atoms. The van der Waals surface area contributed by atoms with Gasteiger partial charge in [0.1, 0.15) is 0 Å². The van der Waals surface area contributed by atoms with E-state index in [4.69, 9.17) is 4.74 Å². The van der Waals surface area contributed by atoms with Crippen molar-refractivity contribution >= 4 is 37.5 Å². The number of hydrogen-bond acceptors (Lipinski definition) is 2. The molecule has 1 aromatic rings. The van der Waals surface area contributed by atoms with E-state index in [0.29, 0.717) is 12.2 Å². The van der Waals surface area contributed by atoms with Gasteiger partial charge in [-0.25, -0.2) is 0 Å². The normalized spacial score (nSPS) is 25.1. The van der Waals surface area contributed by atoms with Gasteiger partial charge in [-0.15, -0.1) is 0 Å². The van der Waals surface area contributed by atoms with Crippen LogP contribution >= 0.6 is 31.9 Å². The lowest BCUT2D eigenvalue weighted by atomic mass is 10.1. The Bertz CT molecular complexity index is 387. The lowest BCUT2D eigenvalue weighted by molar-refractivity contribution is -0.00524. The van der Waals surface area contributed by atoms with Gasteiger partial charge in [0.25, 0.3) is 0 Å². The first-order valence-electron chi connectivity index (χ1n) is 5.85. The first-order valence-corrected chi connectivity index (χ1v) is 7.76. The van der Waals surface area contributed by atoms with E-state index < -0.39 is 0 Å². The number of morpholine rings is 1. The molecule has 1 aliphatic heterocycles. The molecule has 2 rings (SSSR count). The minimum absolute atomic E-state index is 0.297. The van der Waals surface area contributed by atoms with E-state index >= 15 is 0 Å². The van der Waals surface area contributed by atoms with Crippen LogP contribution in [0.25, 0.3) is 0 Å². The molecular formula is C13H17Br2NO. The predicted octanol–water partition coefficient (Wildman–Crippen LogP) is 3.96. The van der Waals surface area contributed by atoms with Crippen molar-refractivity contribution in [1.82, 2.24) is 0 Å². The standard InChI is InChI=1S/C13H17Br2NO/c1-9-7-16(8-10(2)17-9)13-4-3-12(15)5-11(13)6-14/h3-5,9-10H,6-8H2,1-2H3/t9-,10+. The van der Waals surface area contributed by atoms with Crippen molar-refractivity contribution in [1.29, 1.82) is 0 Å². The van der Waals surface area contributed by atoms with Gasteiger partial charge in [0.15, 0.2) is 0 Å². The van der Waals surface area contributed by atoms with Gasteiger partial charge < -0.3 is 9.64 Å². The molecule has 1 aliphatic rings. The molecule has 0 aromatic heterocycles. The summed E-state index contributed by atoms with van der Waals surface area (Å²) in [5.74, 6) is 0. The summed E-state index contributed by atoms with van der Waals surface area (Å²) in [5, 5.41) is 0.877. The van der Waals surface area contributed by atoms with Crippen LogP contribution in [0.3, 0.4) is 0 Å². The van der Waals surface area contributed by atoms with Crippen molar-refractivity contribution in [3.05, 3.63) is 28.2 Å². The summed E-state index contributed by atoms with van der Waals surface area (Å²) in [6, 6.07) is 6.46. The molecule has 1 saturated heterocycles. The van der Waals surface area contributed by atoms with Gasteiger partial charge in [-0.2, -0.15) is 0 Å². The fourth-order valence-electron chi connectivity index (χ4n) is 2.34. The Balaban J connectivity index is 2.26. The summed E-state index contributed by atoms with van der Waals surface area (Å²) in [6.07, 6.45) is 0.594. The average molecular weight is 363 g/mol. The maximum absolute atomic E-state index is 5.77. The molecule has 1 fully saturated rings. The van der Waals surface area contributed by atoms with E-state index in [9.17, 15) is 0 Å². The minimum Gasteiger partial charge on any atom is -0.372 e. The van der Waals surface area contributed by atoms with E-state index in [1.165, 1.54) is 11.3 Å². The second-order valence-electron chi connectivity index (χ2n) is 4.57. The summed E-state index contributed by atoms with van der Waals surface area (Å²) in [6.45, 7) is 6.20. The molecule has 0 spiro atoms. The first kappa shape index (κ1) is 13.4. The zero-order chi connectivity index (χ0) is 12.4. The Hall–Kier alpha value is -0.0600. The van der Waals surface area contributed by atoms with Crippen molar-refractivity contribution in [2.45, 2.75) is 31.4 Å². The smallest absolute Gasteiger partial charge is 0.0726 e. The summed E-state index contributed by atoms with van der Waals surface area (Å²) in [4.78, 5) is 2.42. The zero-order valence-electron chi connectivity index (χ0n) is 10.1. The van der Waals surface area contributed by atoms with Crippen LogP contribution in [-0.2, 0) is 10.1 Å².